The Balaban J connectivity index is 1.87. The lowest BCUT2D eigenvalue weighted by Crippen LogP contribution is -2.36. The van der Waals surface area contributed by atoms with Crippen LogP contribution in [0, 0.1) is 0 Å². The fraction of sp³-hybridized carbons (Fsp3) is 0.316. The molecule has 1 amide bonds. The number of amides is 1. The van der Waals surface area contributed by atoms with Gasteiger partial charge in [0.1, 0.15) is 0 Å². The van der Waals surface area contributed by atoms with E-state index in [2.05, 4.69) is 0 Å². The third-order valence-electron chi connectivity index (χ3n) is 4.35. The van der Waals surface area contributed by atoms with Gasteiger partial charge < -0.3 is 4.90 Å². The first-order chi connectivity index (χ1) is 11.5. The van der Waals surface area contributed by atoms with Gasteiger partial charge in [0.05, 0.1) is 10.6 Å². The Morgan fingerprint density at radius 2 is 1.83 bits per heavy atom. The van der Waals surface area contributed by atoms with Crippen LogP contribution in [0.3, 0.4) is 0 Å². The van der Waals surface area contributed by atoms with Crippen LogP contribution in [0.15, 0.2) is 53.4 Å². The molecule has 0 N–H and O–H groups in total. The molecular weight excluding hydrogens is 322 g/mol. The molecule has 0 unspecified atom stereocenters. The van der Waals surface area contributed by atoms with Gasteiger partial charge in [0, 0.05) is 19.2 Å². The highest BCUT2D eigenvalue weighted by Gasteiger charge is 2.28. The fourth-order valence-corrected chi connectivity index (χ4v) is 4.11. The van der Waals surface area contributed by atoms with Crippen molar-refractivity contribution in [1.29, 1.82) is 0 Å². The molecule has 5 heteroatoms. The van der Waals surface area contributed by atoms with E-state index in [-0.39, 0.29) is 10.8 Å². The number of para-hydroxylation sites is 1. The highest BCUT2D eigenvalue weighted by molar-refractivity contribution is 7.90. The van der Waals surface area contributed by atoms with Crippen LogP contribution in [0.4, 0.5) is 5.69 Å². The largest absolute Gasteiger partial charge is 0.311 e. The summed E-state index contributed by atoms with van der Waals surface area (Å²) in [6.07, 6.45) is 3.90. The van der Waals surface area contributed by atoms with Crippen LogP contribution in [0.1, 0.15) is 24.0 Å². The maximum Gasteiger partial charge on any atom is 0.227 e. The van der Waals surface area contributed by atoms with Gasteiger partial charge in [-0.15, -0.1) is 0 Å². The lowest BCUT2D eigenvalue weighted by Gasteiger charge is -2.31. The van der Waals surface area contributed by atoms with Crippen LogP contribution < -0.4 is 4.90 Å². The summed E-state index contributed by atoms with van der Waals surface area (Å²) in [4.78, 5) is 14.7. The third-order valence-corrected chi connectivity index (χ3v) is 5.48. The smallest absolute Gasteiger partial charge is 0.227 e. The second kappa shape index (κ2) is 6.77. The van der Waals surface area contributed by atoms with Crippen molar-refractivity contribution >= 4 is 21.4 Å². The predicted octanol–water partition coefficient (Wildman–Crippen LogP) is 3.00. The summed E-state index contributed by atoms with van der Waals surface area (Å²) in [7, 11) is -3.37. The Morgan fingerprint density at radius 1 is 1.08 bits per heavy atom. The standard InChI is InChI=1S/C19H21NO3S/c1-24(22,23)17-11-5-9-16-10-6-14-20(19(16)17)18(21)13-12-15-7-3-2-4-8-15/h2-5,7-9,11H,6,10,12-14H2,1H3. The van der Waals surface area contributed by atoms with E-state index in [0.717, 1.165) is 24.0 Å². The highest BCUT2D eigenvalue weighted by atomic mass is 32.2. The van der Waals surface area contributed by atoms with Crippen molar-refractivity contribution in [2.24, 2.45) is 0 Å². The van der Waals surface area contributed by atoms with E-state index in [9.17, 15) is 13.2 Å². The summed E-state index contributed by atoms with van der Waals surface area (Å²) in [5.74, 6) is -0.0177. The monoisotopic (exact) mass is 343 g/mol. The molecule has 0 radical (unpaired) electrons. The van der Waals surface area contributed by atoms with Crippen molar-refractivity contribution in [1.82, 2.24) is 0 Å². The number of hydrogen-bond acceptors (Lipinski definition) is 3. The quantitative estimate of drug-likeness (QED) is 0.857. The van der Waals surface area contributed by atoms with Crippen molar-refractivity contribution in [2.45, 2.75) is 30.6 Å². The Kier molecular flexibility index (Phi) is 4.71. The van der Waals surface area contributed by atoms with Crippen LogP contribution in [0.25, 0.3) is 0 Å². The maximum atomic E-state index is 12.7. The van der Waals surface area contributed by atoms with Gasteiger partial charge >= 0.3 is 0 Å². The molecule has 0 saturated carbocycles. The first-order valence-electron chi connectivity index (χ1n) is 8.13. The van der Waals surface area contributed by atoms with Crippen molar-refractivity contribution in [3.8, 4) is 0 Å². The molecule has 1 aliphatic heterocycles. The van der Waals surface area contributed by atoms with Gasteiger partial charge in [-0.3, -0.25) is 4.79 Å². The number of fused-ring (bicyclic) bond motifs is 1. The number of rotatable bonds is 4. The number of benzene rings is 2. The summed E-state index contributed by atoms with van der Waals surface area (Å²) in [5.41, 5.74) is 2.64. The Morgan fingerprint density at radius 3 is 2.54 bits per heavy atom. The fourth-order valence-electron chi connectivity index (χ4n) is 3.19. The zero-order valence-electron chi connectivity index (χ0n) is 13.7. The molecule has 4 nitrogen and oxygen atoms in total. The first kappa shape index (κ1) is 16.7. The van der Waals surface area contributed by atoms with Crippen LogP contribution in [0.5, 0.6) is 0 Å². The summed E-state index contributed by atoms with van der Waals surface area (Å²) >= 11 is 0. The molecule has 2 aromatic carbocycles. The van der Waals surface area contributed by atoms with Crippen molar-refractivity contribution in [3.05, 3.63) is 59.7 Å². The third kappa shape index (κ3) is 3.51. The van der Waals surface area contributed by atoms with Crippen LogP contribution >= 0.6 is 0 Å². The van der Waals surface area contributed by atoms with Crippen LogP contribution in [-0.4, -0.2) is 27.1 Å². The Bertz CT molecular complexity index is 844. The average molecular weight is 343 g/mol. The molecule has 1 aliphatic rings. The minimum atomic E-state index is -3.37. The van der Waals surface area contributed by atoms with Crippen LogP contribution in [-0.2, 0) is 27.5 Å². The summed E-state index contributed by atoms with van der Waals surface area (Å²) in [6.45, 7) is 0.577. The van der Waals surface area contributed by atoms with E-state index >= 15 is 0 Å². The maximum absolute atomic E-state index is 12.7. The minimum Gasteiger partial charge on any atom is -0.311 e. The van der Waals surface area contributed by atoms with Crippen LogP contribution in [0.2, 0.25) is 0 Å². The molecule has 3 rings (SSSR count). The number of nitrogens with zero attached hydrogens (tertiary/aromatic N) is 1. The molecule has 0 aliphatic carbocycles. The number of carbonyl (C=O) groups is 1. The molecule has 0 atom stereocenters. The zero-order valence-corrected chi connectivity index (χ0v) is 14.6. The number of anilines is 1. The number of carbonyl (C=O) groups excluding carboxylic acids is 1. The lowest BCUT2D eigenvalue weighted by atomic mass is 10.0. The Labute approximate surface area is 143 Å². The predicted molar refractivity (Wildman–Crippen MR) is 95.0 cm³/mol. The molecule has 0 fully saturated rings. The lowest BCUT2D eigenvalue weighted by molar-refractivity contribution is -0.118. The van der Waals surface area contributed by atoms with Crippen molar-refractivity contribution < 1.29 is 13.2 Å². The molecule has 1 heterocycles. The van der Waals surface area contributed by atoms with Gasteiger partial charge in [-0.1, -0.05) is 42.5 Å². The van der Waals surface area contributed by atoms with Crippen molar-refractivity contribution in [3.63, 3.8) is 0 Å². The number of sulfone groups is 1. The van der Waals surface area contributed by atoms with Gasteiger partial charge in [-0.25, -0.2) is 8.42 Å². The van der Waals surface area contributed by atoms with E-state index in [1.165, 1.54) is 6.26 Å². The second-order valence-corrected chi connectivity index (χ2v) is 8.15. The number of hydrogen-bond donors (Lipinski definition) is 0. The molecule has 0 saturated heterocycles. The zero-order chi connectivity index (χ0) is 17.2. The topological polar surface area (TPSA) is 54.5 Å². The molecule has 24 heavy (non-hydrogen) atoms. The van der Waals surface area contributed by atoms with E-state index in [1.54, 1.807) is 17.0 Å². The molecule has 0 bridgehead atoms. The van der Waals surface area contributed by atoms with Gasteiger partial charge in [0.25, 0.3) is 0 Å². The molecular formula is C19H21NO3S. The van der Waals surface area contributed by atoms with Crippen molar-refractivity contribution in [2.75, 3.05) is 17.7 Å². The normalized spacial score (nSPS) is 14.3. The van der Waals surface area contributed by atoms with E-state index in [1.807, 2.05) is 36.4 Å². The van der Waals surface area contributed by atoms with Gasteiger partial charge in [0.15, 0.2) is 9.84 Å². The molecule has 2 aromatic rings. The first-order valence-corrected chi connectivity index (χ1v) is 10.0. The van der Waals surface area contributed by atoms with Gasteiger partial charge in [-0.2, -0.15) is 0 Å². The summed E-state index contributed by atoms with van der Waals surface area (Å²) in [6, 6.07) is 15.1. The summed E-state index contributed by atoms with van der Waals surface area (Å²) in [5, 5.41) is 0. The van der Waals surface area contributed by atoms with E-state index in [0.29, 0.717) is 25.1 Å². The Hall–Kier alpha value is -2.14. The number of aryl methyl sites for hydroxylation is 2. The second-order valence-electron chi connectivity index (χ2n) is 6.17. The molecule has 126 valence electrons. The highest BCUT2D eigenvalue weighted by Crippen LogP contribution is 2.34. The summed E-state index contributed by atoms with van der Waals surface area (Å²) < 4.78 is 24.2. The molecule has 0 spiro atoms. The van der Waals surface area contributed by atoms with E-state index in [4.69, 9.17) is 0 Å². The average Bonchev–Trinajstić information content (AvgIpc) is 2.58. The SMILES string of the molecule is CS(=O)(=O)c1cccc2c1N(C(=O)CCc1ccccc1)CCC2. The van der Waals surface area contributed by atoms with Gasteiger partial charge in [-0.05, 0) is 36.5 Å². The van der Waals surface area contributed by atoms with Gasteiger partial charge in [0.2, 0.25) is 5.91 Å². The minimum absolute atomic E-state index is 0.0177. The van der Waals surface area contributed by atoms with E-state index < -0.39 is 9.84 Å². The molecule has 0 aromatic heterocycles.